The number of carbonyl (C=O) groups excluding carboxylic acids is 3. The topological polar surface area (TPSA) is 129 Å². The Hall–Kier alpha value is -3.55. The van der Waals surface area contributed by atoms with Crippen LogP contribution in [0.4, 0.5) is 9.59 Å². The van der Waals surface area contributed by atoms with E-state index in [2.05, 4.69) is 39.8 Å². The number of likely N-dealkylation sites (N-methyl/N-ethyl adjacent to an activating group) is 1. The van der Waals surface area contributed by atoms with E-state index in [4.69, 9.17) is 4.74 Å². The fourth-order valence-electron chi connectivity index (χ4n) is 4.26. The fourth-order valence-corrected chi connectivity index (χ4v) is 5.59. The molecule has 3 N–H and O–H groups in total. The molecule has 0 saturated heterocycles. The lowest BCUT2D eigenvalue weighted by Gasteiger charge is -2.25. The van der Waals surface area contributed by atoms with Crippen LogP contribution in [0, 0.1) is 0 Å². The van der Waals surface area contributed by atoms with Gasteiger partial charge in [0, 0.05) is 43.7 Å². The van der Waals surface area contributed by atoms with Crippen LogP contribution < -0.4 is 16.0 Å². The number of rotatable bonds is 16. The average molecular weight is 630 g/mol. The summed E-state index contributed by atoms with van der Waals surface area (Å²) in [6.45, 7) is 5.44. The first kappa shape index (κ1) is 33.9. The summed E-state index contributed by atoms with van der Waals surface area (Å²) in [5.74, 6) is 0.0705. The minimum atomic E-state index is -0.730. The molecule has 0 aliphatic heterocycles. The van der Waals surface area contributed by atoms with Crippen LogP contribution in [0.25, 0.3) is 0 Å². The highest BCUT2D eigenvalue weighted by Gasteiger charge is 2.24. The Labute approximate surface area is 262 Å². The number of urea groups is 1. The van der Waals surface area contributed by atoms with Crippen LogP contribution >= 0.6 is 22.7 Å². The molecule has 2 heterocycles. The van der Waals surface area contributed by atoms with Gasteiger partial charge in [-0.2, -0.15) is 0 Å². The number of ether oxygens (including phenoxy) is 1. The average Bonchev–Trinajstić information content (AvgIpc) is 3.66. The van der Waals surface area contributed by atoms with Gasteiger partial charge in [-0.15, -0.1) is 22.7 Å². The van der Waals surface area contributed by atoms with Crippen molar-refractivity contribution >= 4 is 40.7 Å². The minimum Gasteiger partial charge on any atom is -0.444 e. The Morgan fingerprint density at radius 1 is 1.05 bits per heavy atom. The molecule has 0 bridgehead atoms. The van der Waals surface area contributed by atoms with Crippen molar-refractivity contribution in [2.75, 3.05) is 34.2 Å². The van der Waals surface area contributed by atoms with Crippen molar-refractivity contribution in [2.24, 2.45) is 0 Å². The van der Waals surface area contributed by atoms with Gasteiger partial charge in [-0.1, -0.05) is 44.2 Å². The van der Waals surface area contributed by atoms with Crippen molar-refractivity contribution in [1.82, 2.24) is 35.7 Å². The summed E-state index contributed by atoms with van der Waals surface area (Å²) < 4.78 is 5.37. The van der Waals surface area contributed by atoms with Gasteiger partial charge in [-0.25, -0.2) is 14.6 Å². The molecule has 11 nitrogen and oxygen atoms in total. The number of thiazole rings is 2. The molecule has 0 saturated carbocycles. The van der Waals surface area contributed by atoms with Crippen LogP contribution in [0.5, 0.6) is 0 Å². The van der Waals surface area contributed by atoms with Crippen LogP contribution in [-0.2, 0) is 29.1 Å². The van der Waals surface area contributed by atoms with E-state index in [-0.39, 0.29) is 24.6 Å². The van der Waals surface area contributed by atoms with Crippen molar-refractivity contribution in [3.05, 3.63) is 68.6 Å². The van der Waals surface area contributed by atoms with Gasteiger partial charge in [-0.3, -0.25) is 9.78 Å². The molecule has 234 valence electrons. The molecule has 2 atom stereocenters. The number of amides is 4. The summed E-state index contributed by atoms with van der Waals surface area (Å²) in [5, 5.41) is 11.8. The quantitative estimate of drug-likeness (QED) is 0.202. The van der Waals surface area contributed by atoms with Gasteiger partial charge in [0.2, 0.25) is 5.91 Å². The Kier molecular flexibility index (Phi) is 13.8. The second kappa shape index (κ2) is 17.5. The molecule has 1 aromatic carbocycles. The standard InChI is InChI=1S/C30H43N7O4S2/c1-21(2)28-33-24(19-42-28)16-37(5)29(39)35-26(17-36(3)4)27(38)32-13-9-12-23(14-22-10-7-6-8-11-22)34-30(40)41-18-25-15-31-20-43-25/h6-8,10-11,15,19-21,23,26H,9,12-14,16-18H2,1-5H3,(H,32,38)(H,34,40)(H,35,39)/t23-,26?/m1/s1. The largest absolute Gasteiger partial charge is 0.444 e. The van der Waals surface area contributed by atoms with Crippen molar-refractivity contribution < 1.29 is 19.1 Å². The van der Waals surface area contributed by atoms with Crippen molar-refractivity contribution in [2.45, 2.75) is 64.3 Å². The van der Waals surface area contributed by atoms with Gasteiger partial charge in [0.25, 0.3) is 0 Å². The zero-order valence-corrected chi connectivity index (χ0v) is 27.2. The Balaban J connectivity index is 1.50. The molecule has 43 heavy (non-hydrogen) atoms. The molecule has 0 spiro atoms. The third-order valence-electron chi connectivity index (χ3n) is 6.48. The summed E-state index contributed by atoms with van der Waals surface area (Å²) in [5.41, 5.74) is 3.61. The number of aromatic nitrogens is 2. The van der Waals surface area contributed by atoms with Crippen molar-refractivity contribution in [3.63, 3.8) is 0 Å². The molecule has 0 radical (unpaired) electrons. The SMILES string of the molecule is CC(C)c1nc(CN(C)C(=O)NC(CN(C)C)C(=O)NCCC[C@H](Cc2ccccc2)NC(=O)OCc2cncs2)cs1. The summed E-state index contributed by atoms with van der Waals surface area (Å²) in [4.78, 5) is 51.4. The van der Waals surface area contributed by atoms with Crippen molar-refractivity contribution in [3.8, 4) is 0 Å². The minimum absolute atomic E-state index is 0.168. The smallest absolute Gasteiger partial charge is 0.407 e. The number of nitrogens with one attached hydrogen (secondary N) is 3. The molecular formula is C30H43N7O4S2. The molecule has 0 fully saturated rings. The third-order valence-corrected chi connectivity index (χ3v) is 8.42. The van der Waals surface area contributed by atoms with Crippen LogP contribution in [-0.4, -0.2) is 84.1 Å². The number of alkyl carbamates (subject to hydrolysis) is 1. The van der Waals surface area contributed by atoms with Gasteiger partial charge in [-0.05, 0) is 38.9 Å². The number of hydrogen-bond acceptors (Lipinski definition) is 9. The first-order valence-electron chi connectivity index (χ1n) is 14.3. The monoisotopic (exact) mass is 629 g/mol. The second-order valence-corrected chi connectivity index (χ2v) is 12.8. The predicted octanol–water partition coefficient (Wildman–Crippen LogP) is 4.23. The number of nitrogens with zero attached hydrogens (tertiary/aromatic N) is 4. The molecule has 3 aromatic rings. The first-order valence-corrected chi connectivity index (χ1v) is 16.1. The van der Waals surface area contributed by atoms with E-state index >= 15 is 0 Å². The van der Waals surface area contributed by atoms with E-state index in [0.717, 1.165) is 21.1 Å². The molecule has 2 aromatic heterocycles. The van der Waals surface area contributed by atoms with E-state index in [0.29, 0.717) is 44.8 Å². The maximum absolute atomic E-state index is 13.1. The Morgan fingerprint density at radius 3 is 2.47 bits per heavy atom. The van der Waals surface area contributed by atoms with Crippen LogP contribution in [0.1, 0.15) is 53.7 Å². The molecular weight excluding hydrogens is 587 g/mol. The number of benzene rings is 1. The van der Waals surface area contributed by atoms with Crippen molar-refractivity contribution in [1.29, 1.82) is 0 Å². The first-order chi connectivity index (χ1) is 20.6. The lowest BCUT2D eigenvalue weighted by atomic mass is 10.0. The van der Waals surface area contributed by atoms with Crippen LogP contribution in [0.15, 0.2) is 47.4 Å². The Bertz CT molecular complexity index is 1270. The molecule has 0 aliphatic rings. The van der Waals surface area contributed by atoms with E-state index in [1.165, 1.54) is 16.2 Å². The lowest BCUT2D eigenvalue weighted by Crippen LogP contribution is -2.54. The summed E-state index contributed by atoms with van der Waals surface area (Å²) in [6.07, 6.45) is 3.07. The van der Waals surface area contributed by atoms with Gasteiger partial charge >= 0.3 is 12.1 Å². The van der Waals surface area contributed by atoms with Gasteiger partial charge < -0.3 is 30.5 Å². The summed E-state index contributed by atoms with van der Waals surface area (Å²) in [6, 6.07) is 8.66. The number of carbonyl (C=O) groups is 3. The third kappa shape index (κ3) is 12.3. The van der Waals surface area contributed by atoms with E-state index < -0.39 is 12.1 Å². The zero-order chi connectivity index (χ0) is 31.2. The normalized spacial score (nSPS) is 12.5. The molecule has 4 amide bonds. The van der Waals surface area contributed by atoms with E-state index in [1.54, 1.807) is 30.1 Å². The highest BCUT2D eigenvalue weighted by molar-refractivity contribution is 7.09. The maximum atomic E-state index is 13.1. The van der Waals surface area contributed by atoms with Gasteiger partial charge in [0.15, 0.2) is 0 Å². The molecule has 13 heteroatoms. The van der Waals surface area contributed by atoms with Crippen LogP contribution in [0.3, 0.4) is 0 Å². The lowest BCUT2D eigenvalue weighted by molar-refractivity contribution is -0.123. The Morgan fingerprint density at radius 2 is 1.81 bits per heavy atom. The fraction of sp³-hybridized carbons (Fsp3) is 0.500. The highest BCUT2D eigenvalue weighted by atomic mass is 32.1. The van der Waals surface area contributed by atoms with Crippen LogP contribution in [0.2, 0.25) is 0 Å². The van der Waals surface area contributed by atoms with E-state index in [9.17, 15) is 14.4 Å². The number of hydrogen-bond donors (Lipinski definition) is 3. The molecule has 1 unspecified atom stereocenters. The van der Waals surface area contributed by atoms with Gasteiger partial charge in [0.1, 0.15) is 12.6 Å². The predicted molar refractivity (Wildman–Crippen MR) is 170 cm³/mol. The second-order valence-electron chi connectivity index (χ2n) is 11.0. The molecule has 3 rings (SSSR count). The summed E-state index contributed by atoms with van der Waals surface area (Å²) >= 11 is 3.01. The summed E-state index contributed by atoms with van der Waals surface area (Å²) in [7, 11) is 5.40. The van der Waals surface area contributed by atoms with E-state index in [1.807, 2.05) is 54.7 Å². The molecule has 0 aliphatic carbocycles. The highest BCUT2D eigenvalue weighted by Crippen LogP contribution is 2.20. The van der Waals surface area contributed by atoms with Gasteiger partial charge in [0.05, 0.1) is 27.6 Å². The zero-order valence-electron chi connectivity index (χ0n) is 25.5. The maximum Gasteiger partial charge on any atom is 0.407 e.